The van der Waals surface area contributed by atoms with E-state index in [9.17, 15) is 4.79 Å². The fourth-order valence-electron chi connectivity index (χ4n) is 3.40. The van der Waals surface area contributed by atoms with Crippen LogP contribution in [0.5, 0.6) is 0 Å². The summed E-state index contributed by atoms with van der Waals surface area (Å²) in [5.74, 6) is 0.931. The van der Waals surface area contributed by atoms with E-state index in [2.05, 4.69) is 57.2 Å². The van der Waals surface area contributed by atoms with Gasteiger partial charge in [0, 0.05) is 42.3 Å². The molecule has 3 heterocycles. The van der Waals surface area contributed by atoms with E-state index < -0.39 is 0 Å². The molecule has 1 N–H and O–H groups in total. The molecule has 0 spiro atoms. The van der Waals surface area contributed by atoms with Crippen molar-refractivity contribution in [2.75, 3.05) is 23.3 Å². The monoisotopic (exact) mass is 393 g/mol. The number of carbonyl (C=O) groups is 1. The first-order chi connectivity index (χ1) is 13.6. The molecule has 1 fully saturated rings. The molecule has 0 bridgehead atoms. The number of rotatable bonds is 4. The van der Waals surface area contributed by atoms with E-state index in [-0.39, 0.29) is 11.8 Å². The summed E-state index contributed by atoms with van der Waals surface area (Å²) in [4.78, 5) is 27.9. The predicted molar refractivity (Wildman–Crippen MR) is 113 cm³/mol. The summed E-state index contributed by atoms with van der Waals surface area (Å²) < 4.78 is 0. The Hall–Kier alpha value is -2.80. The van der Waals surface area contributed by atoms with Crippen molar-refractivity contribution >= 4 is 28.2 Å². The molecule has 7 heteroatoms. The van der Waals surface area contributed by atoms with Crippen LogP contribution in [0.15, 0.2) is 42.2 Å². The number of thiazole rings is 1. The first kappa shape index (κ1) is 18.6. The van der Waals surface area contributed by atoms with E-state index in [1.807, 2.05) is 5.38 Å². The highest BCUT2D eigenvalue weighted by Gasteiger charge is 2.26. The molecule has 1 saturated heterocycles. The van der Waals surface area contributed by atoms with Crippen molar-refractivity contribution in [1.82, 2.24) is 15.0 Å². The van der Waals surface area contributed by atoms with Gasteiger partial charge in [0.15, 0.2) is 5.13 Å². The molecule has 1 aliphatic heterocycles. The fourth-order valence-corrected chi connectivity index (χ4v) is 4.12. The lowest BCUT2D eigenvalue weighted by Gasteiger charge is -2.31. The van der Waals surface area contributed by atoms with Gasteiger partial charge in [-0.05, 0) is 43.9 Å². The molecule has 28 heavy (non-hydrogen) atoms. The van der Waals surface area contributed by atoms with Crippen molar-refractivity contribution in [3.8, 4) is 11.3 Å². The van der Waals surface area contributed by atoms with E-state index >= 15 is 0 Å². The molecule has 0 unspecified atom stereocenters. The number of nitrogens with zero attached hydrogens (tertiary/aromatic N) is 4. The Morgan fingerprint density at radius 2 is 2.00 bits per heavy atom. The summed E-state index contributed by atoms with van der Waals surface area (Å²) in [7, 11) is 0. The minimum absolute atomic E-state index is 0.00175. The third-order valence-corrected chi connectivity index (χ3v) is 6.03. The van der Waals surface area contributed by atoms with Gasteiger partial charge in [0.1, 0.15) is 5.82 Å². The van der Waals surface area contributed by atoms with Gasteiger partial charge in [-0.25, -0.2) is 9.97 Å². The van der Waals surface area contributed by atoms with E-state index in [4.69, 9.17) is 0 Å². The van der Waals surface area contributed by atoms with Crippen LogP contribution in [-0.4, -0.2) is 33.9 Å². The third-order valence-electron chi connectivity index (χ3n) is 5.28. The van der Waals surface area contributed by atoms with Gasteiger partial charge in [0.25, 0.3) is 0 Å². The molecule has 3 aromatic rings. The van der Waals surface area contributed by atoms with E-state index in [0.717, 1.165) is 43.0 Å². The van der Waals surface area contributed by atoms with Crippen molar-refractivity contribution in [2.45, 2.75) is 26.7 Å². The predicted octanol–water partition coefficient (Wildman–Crippen LogP) is 4.07. The number of piperidine rings is 1. The zero-order chi connectivity index (χ0) is 19.5. The maximum Gasteiger partial charge on any atom is 0.229 e. The molecule has 1 aliphatic rings. The number of anilines is 2. The zero-order valence-electron chi connectivity index (χ0n) is 16.1. The lowest BCUT2D eigenvalue weighted by molar-refractivity contribution is -0.120. The average Bonchev–Trinajstić information content (AvgIpc) is 3.19. The quantitative estimate of drug-likeness (QED) is 0.723. The molecule has 2 aromatic heterocycles. The van der Waals surface area contributed by atoms with Crippen LogP contribution in [0.25, 0.3) is 11.3 Å². The van der Waals surface area contributed by atoms with Crippen LogP contribution in [-0.2, 0) is 4.79 Å². The van der Waals surface area contributed by atoms with Gasteiger partial charge in [0.05, 0.1) is 11.9 Å². The second kappa shape index (κ2) is 8.06. The summed E-state index contributed by atoms with van der Waals surface area (Å²) in [5.41, 5.74) is 4.49. The third kappa shape index (κ3) is 4.04. The number of hydrogen-bond donors (Lipinski definition) is 1. The van der Waals surface area contributed by atoms with Crippen molar-refractivity contribution in [2.24, 2.45) is 5.92 Å². The lowest BCUT2D eigenvalue weighted by Crippen LogP contribution is -2.38. The van der Waals surface area contributed by atoms with Crippen molar-refractivity contribution in [3.05, 3.63) is 53.3 Å². The normalized spacial score (nSPS) is 14.9. The second-order valence-electron chi connectivity index (χ2n) is 7.15. The largest absolute Gasteiger partial charge is 0.355 e. The number of aryl methyl sites for hydroxylation is 2. The molecule has 4 rings (SSSR count). The molecule has 1 amide bonds. The summed E-state index contributed by atoms with van der Waals surface area (Å²) in [6, 6.07) is 6.32. The van der Waals surface area contributed by atoms with Gasteiger partial charge < -0.3 is 10.2 Å². The Labute approximate surface area is 168 Å². The van der Waals surface area contributed by atoms with E-state index in [0.29, 0.717) is 5.13 Å². The average molecular weight is 394 g/mol. The Kier molecular flexibility index (Phi) is 5.34. The molecule has 0 saturated carbocycles. The zero-order valence-corrected chi connectivity index (χ0v) is 16.9. The van der Waals surface area contributed by atoms with Crippen LogP contribution in [0.4, 0.5) is 10.9 Å². The van der Waals surface area contributed by atoms with Gasteiger partial charge in [-0.15, -0.1) is 11.3 Å². The standard InChI is InChI=1S/C21H23N5OS/c1-14-3-4-17(11-15(14)2)18-13-28-21(24-18)25-20(27)16-5-9-26(10-6-16)19-12-22-7-8-23-19/h3-4,7-8,11-13,16H,5-6,9-10H2,1-2H3,(H,24,25,27). The number of benzene rings is 1. The Morgan fingerprint density at radius 3 is 2.71 bits per heavy atom. The number of amides is 1. The molecule has 0 atom stereocenters. The van der Waals surface area contributed by atoms with Gasteiger partial charge in [0.2, 0.25) is 5.91 Å². The molecular weight excluding hydrogens is 370 g/mol. The topological polar surface area (TPSA) is 71.0 Å². The van der Waals surface area contributed by atoms with Crippen LogP contribution in [0.1, 0.15) is 24.0 Å². The Bertz CT molecular complexity index is 964. The Morgan fingerprint density at radius 1 is 1.18 bits per heavy atom. The first-order valence-corrected chi connectivity index (χ1v) is 10.3. The SMILES string of the molecule is Cc1ccc(-c2csc(NC(=O)C3CCN(c4cnccn4)CC3)n2)cc1C. The van der Waals surface area contributed by atoms with Gasteiger partial charge >= 0.3 is 0 Å². The van der Waals surface area contributed by atoms with E-state index in [1.54, 1.807) is 18.6 Å². The lowest BCUT2D eigenvalue weighted by atomic mass is 9.96. The van der Waals surface area contributed by atoms with Crippen LogP contribution in [0.2, 0.25) is 0 Å². The minimum Gasteiger partial charge on any atom is -0.355 e. The maximum atomic E-state index is 12.7. The van der Waals surface area contributed by atoms with Gasteiger partial charge in [-0.3, -0.25) is 9.78 Å². The van der Waals surface area contributed by atoms with Crippen molar-refractivity contribution in [1.29, 1.82) is 0 Å². The Balaban J connectivity index is 1.36. The van der Waals surface area contributed by atoms with Crippen LogP contribution < -0.4 is 10.2 Å². The molecule has 1 aromatic carbocycles. The number of hydrogen-bond acceptors (Lipinski definition) is 6. The van der Waals surface area contributed by atoms with Gasteiger partial charge in [-0.1, -0.05) is 12.1 Å². The highest BCUT2D eigenvalue weighted by Crippen LogP contribution is 2.28. The number of nitrogens with one attached hydrogen (secondary N) is 1. The molecule has 144 valence electrons. The maximum absolute atomic E-state index is 12.7. The highest BCUT2D eigenvalue weighted by molar-refractivity contribution is 7.14. The number of carbonyl (C=O) groups excluding carboxylic acids is 1. The summed E-state index contributed by atoms with van der Waals surface area (Å²) in [6.07, 6.45) is 6.74. The first-order valence-electron chi connectivity index (χ1n) is 9.45. The highest BCUT2D eigenvalue weighted by atomic mass is 32.1. The van der Waals surface area contributed by atoms with Crippen LogP contribution in [0.3, 0.4) is 0 Å². The van der Waals surface area contributed by atoms with Crippen LogP contribution >= 0.6 is 11.3 Å². The van der Waals surface area contributed by atoms with E-state index in [1.165, 1.54) is 22.5 Å². The summed E-state index contributed by atoms with van der Waals surface area (Å²) >= 11 is 1.47. The van der Waals surface area contributed by atoms with Gasteiger partial charge in [-0.2, -0.15) is 0 Å². The molecule has 6 nitrogen and oxygen atoms in total. The summed E-state index contributed by atoms with van der Waals surface area (Å²) in [6.45, 7) is 5.81. The fraction of sp³-hybridized carbons (Fsp3) is 0.333. The number of aromatic nitrogens is 3. The second-order valence-corrected chi connectivity index (χ2v) is 8.01. The van der Waals surface area contributed by atoms with Crippen molar-refractivity contribution in [3.63, 3.8) is 0 Å². The van der Waals surface area contributed by atoms with Crippen LogP contribution in [0, 0.1) is 19.8 Å². The molecular formula is C21H23N5OS. The molecule has 0 radical (unpaired) electrons. The smallest absolute Gasteiger partial charge is 0.229 e. The molecule has 0 aliphatic carbocycles. The summed E-state index contributed by atoms with van der Waals surface area (Å²) in [5, 5.41) is 5.66. The minimum atomic E-state index is 0.00175. The van der Waals surface area contributed by atoms with Crippen molar-refractivity contribution < 1.29 is 4.79 Å².